The molecule has 0 radical (unpaired) electrons. The number of rotatable bonds is 4. The Morgan fingerprint density at radius 3 is 2.75 bits per heavy atom. The number of methoxy groups -OCH3 is 1. The maximum absolute atomic E-state index is 12.1. The van der Waals surface area contributed by atoms with Gasteiger partial charge in [-0.15, -0.1) is 16.4 Å². The second kappa shape index (κ2) is 7.78. The van der Waals surface area contributed by atoms with Crippen LogP contribution in [0.1, 0.15) is 0 Å². The number of pyridine rings is 1. The summed E-state index contributed by atoms with van der Waals surface area (Å²) in [7, 11) is 1.53. The SMILES string of the molecule is COc1ccc(NC(=O)ON2CCN(c3nc(N)nc4scnc34)CC2)cn1. The van der Waals surface area contributed by atoms with Crippen molar-refractivity contribution in [2.75, 3.05) is 49.2 Å². The normalized spacial score (nSPS) is 14.8. The molecule has 4 rings (SSSR count). The van der Waals surface area contributed by atoms with Gasteiger partial charge in [0.1, 0.15) is 5.52 Å². The zero-order valence-electron chi connectivity index (χ0n) is 15.0. The lowest BCUT2D eigenvalue weighted by Gasteiger charge is -2.33. The van der Waals surface area contributed by atoms with E-state index in [1.54, 1.807) is 22.7 Å². The summed E-state index contributed by atoms with van der Waals surface area (Å²) in [6.45, 7) is 2.26. The first-order valence-corrected chi connectivity index (χ1v) is 9.36. The molecule has 1 fully saturated rings. The van der Waals surface area contributed by atoms with Gasteiger partial charge in [-0.1, -0.05) is 0 Å². The predicted octanol–water partition coefficient (Wildman–Crippen LogP) is 1.36. The summed E-state index contributed by atoms with van der Waals surface area (Å²) in [4.78, 5) is 37.1. The van der Waals surface area contributed by atoms with Crippen LogP contribution in [-0.4, -0.2) is 64.4 Å². The molecule has 3 N–H and O–H groups in total. The summed E-state index contributed by atoms with van der Waals surface area (Å²) in [5.74, 6) is 1.39. The van der Waals surface area contributed by atoms with Crippen LogP contribution in [0.25, 0.3) is 10.3 Å². The van der Waals surface area contributed by atoms with Gasteiger partial charge in [0, 0.05) is 19.2 Å². The third kappa shape index (κ3) is 3.87. The second-order valence-corrected chi connectivity index (χ2v) is 6.75. The van der Waals surface area contributed by atoms with Gasteiger partial charge in [0.05, 0.1) is 37.6 Å². The zero-order chi connectivity index (χ0) is 19.5. The number of nitrogens with two attached hydrogens (primary N) is 1. The van der Waals surface area contributed by atoms with Crippen molar-refractivity contribution < 1.29 is 14.4 Å². The lowest BCUT2D eigenvalue weighted by Crippen LogP contribution is -2.47. The average Bonchev–Trinajstić information content (AvgIpc) is 3.17. The molecule has 3 aromatic heterocycles. The molecular weight excluding hydrogens is 384 g/mol. The van der Waals surface area contributed by atoms with Crippen LogP contribution in [-0.2, 0) is 4.84 Å². The number of nitrogens with one attached hydrogen (secondary N) is 1. The fourth-order valence-electron chi connectivity index (χ4n) is 2.81. The Morgan fingerprint density at radius 2 is 2.04 bits per heavy atom. The second-order valence-electron chi connectivity index (χ2n) is 5.92. The minimum Gasteiger partial charge on any atom is -0.481 e. The van der Waals surface area contributed by atoms with E-state index in [4.69, 9.17) is 15.3 Å². The first-order valence-electron chi connectivity index (χ1n) is 8.48. The number of thiazole rings is 1. The van der Waals surface area contributed by atoms with E-state index in [0.717, 1.165) is 10.3 Å². The Labute approximate surface area is 164 Å². The summed E-state index contributed by atoms with van der Waals surface area (Å²) in [5.41, 5.74) is 8.78. The standard InChI is InChI=1S/C16H18N8O3S/c1-26-11-3-2-10(8-18-11)20-16(25)27-24-6-4-23(5-7-24)13-12-14(28-9-19-12)22-15(17)21-13/h2-3,8-9H,4-7H2,1H3,(H,20,25)(H2,17,21,22). The molecule has 1 saturated heterocycles. The van der Waals surface area contributed by atoms with Gasteiger partial charge in [-0.2, -0.15) is 4.98 Å². The Hall–Kier alpha value is -3.25. The van der Waals surface area contributed by atoms with Crippen LogP contribution in [0.4, 0.5) is 22.2 Å². The van der Waals surface area contributed by atoms with Crippen molar-refractivity contribution >= 4 is 45.2 Å². The van der Waals surface area contributed by atoms with Crippen LogP contribution < -0.4 is 20.7 Å². The molecule has 0 atom stereocenters. The van der Waals surface area contributed by atoms with E-state index in [0.29, 0.717) is 43.6 Å². The van der Waals surface area contributed by atoms with E-state index in [2.05, 4.69) is 30.2 Å². The summed E-state index contributed by atoms with van der Waals surface area (Å²) < 4.78 is 4.98. The smallest absolute Gasteiger partial charge is 0.430 e. The van der Waals surface area contributed by atoms with E-state index in [9.17, 15) is 4.79 Å². The largest absolute Gasteiger partial charge is 0.481 e. The topological polar surface area (TPSA) is 132 Å². The predicted molar refractivity (Wildman–Crippen MR) is 104 cm³/mol. The van der Waals surface area contributed by atoms with Crippen LogP contribution in [0.5, 0.6) is 5.88 Å². The fourth-order valence-corrected chi connectivity index (χ4v) is 3.47. The molecule has 146 valence electrons. The number of hydrogen-bond donors (Lipinski definition) is 2. The number of nitrogen functional groups attached to an aromatic ring is 1. The maximum Gasteiger partial charge on any atom is 0.430 e. The number of carbonyl (C=O) groups excluding carboxylic acids is 1. The summed E-state index contributed by atoms with van der Waals surface area (Å²) in [6.07, 6.45) is 0.921. The highest BCUT2D eigenvalue weighted by molar-refractivity contribution is 7.16. The number of piperazine rings is 1. The quantitative estimate of drug-likeness (QED) is 0.659. The van der Waals surface area contributed by atoms with Gasteiger partial charge in [-0.3, -0.25) is 5.32 Å². The molecule has 4 heterocycles. The zero-order valence-corrected chi connectivity index (χ0v) is 15.8. The minimum absolute atomic E-state index is 0.220. The summed E-state index contributed by atoms with van der Waals surface area (Å²) in [6, 6.07) is 3.34. The van der Waals surface area contributed by atoms with Crippen molar-refractivity contribution in [2.45, 2.75) is 0 Å². The molecule has 11 nitrogen and oxygen atoms in total. The number of hydroxylamine groups is 2. The molecule has 28 heavy (non-hydrogen) atoms. The molecule has 0 aromatic carbocycles. The van der Waals surface area contributed by atoms with Crippen molar-refractivity contribution in [1.29, 1.82) is 0 Å². The number of amides is 1. The first-order chi connectivity index (χ1) is 13.6. The van der Waals surface area contributed by atoms with Crippen molar-refractivity contribution in [2.24, 2.45) is 0 Å². The molecule has 3 aromatic rings. The van der Waals surface area contributed by atoms with Crippen LogP contribution in [0, 0.1) is 0 Å². The monoisotopic (exact) mass is 402 g/mol. The molecule has 0 bridgehead atoms. The first kappa shape index (κ1) is 18.1. The van der Waals surface area contributed by atoms with Crippen LogP contribution in [0.3, 0.4) is 0 Å². The Kier molecular flexibility index (Phi) is 5.04. The number of aromatic nitrogens is 4. The lowest BCUT2D eigenvalue weighted by molar-refractivity contribution is -0.0966. The number of carbonyl (C=O) groups is 1. The molecule has 0 aliphatic carbocycles. The van der Waals surface area contributed by atoms with Gasteiger partial charge < -0.3 is 20.2 Å². The van der Waals surface area contributed by atoms with E-state index >= 15 is 0 Å². The third-order valence-electron chi connectivity index (χ3n) is 4.14. The number of fused-ring (bicyclic) bond motifs is 1. The number of hydrogen-bond acceptors (Lipinski definition) is 11. The van der Waals surface area contributed by atoms with Crippen molar-refractivity contribution in [3.05, 3.63) is 23.8 Å². The van der Waals surface area contributed by atoms with E-state index < -0.39 is 6.09 Å². The van der Waals surface area contributed by atoms with Crippen LogP contribution in [0.15, 0.2) is 23.8 Å². The third-order valence-corrected chi connectivity index (χ3v) is 4.86. The van der Waals surface area contributed by atoms with Gasteiger partial charge in [-0.25, -0.2) is 19.7 Å². The van der Waals surface area contributed by atoms with E-state index in [1.807, 2.05) is 0 Å². The van der Waals surface area contributed by atoms with Crippen LogP contribution >= 0.6 is 11.3 Å². The highest BCUT2D eigenvalue weighted by atomic mass is 32.1. The highest BCUT2D eigenvalue weighted by Gasteiger charge is 2.24. The van der Waals surface area contributed by atoms with Gasteiger partial charge in [0.2, 0.25) is 11.8 Å². The van der Waals surface area contributed by atoms with Crippen molar-refractivity contribution in [3.63, 3.8) is 0 Å². The van der Waals surface area contributed by atoms with Gasteiger partial charge in [0.15, 0.2) is 10.6 Å². The van der Waals surface area contributed by atoms with Gasteiger partial charge >= 0.3 is 6.09 Å². The van der Waals surface area contributed by atoms with Crippen molar-refractivity contribution in [1.82, 2.24) is 25.0 Å². The Morgan fingerprint density at radius 1 is 1.21 bits per heavy atom. The minimum atomic E-state index is -0.575. The lowest BCUT2D eigenvalue weighted by atomic mass is 10.3. The number of nitrogens with zero attached hydrogens (tertiary/aromatic N) is 6. The molecule has 0 unspecified atom stereocenters. The van der Waals surface area contributed by atoms with E-state index in [1.165, 1.54) is 24.6 Å². The van der Waals surface area contributed by atoms with Crippen LogP contribution in [0.2, 0.25) is 0 Å². The average molecular weight is 402 g/mol. The number of ether oxygens (including phenoxy) is 1. The maximum atomic E-state index is 12.1. The molecule has 0 spiro atoms. The molecule has 1 aliphatic rings. The fraction of sp³-hybridized carbons (Fsp3) is 0.312. The van der Waals surface area contributed by atoms with Gasteiger partial charge in [0.25, 0.3) is 0 Å². The molecular formula is C16H18N8O3S. The molecule has 12 heteroatoms. The molecule has 0 saturated carbocycles. The molecule has 1 amide bonds. The summed E-state index contributed by atoms with van der Waals surface area (Å²) in [5, 5.41) is 4.23. The number of anilines is 3. The van der Waals surface area contributed by atoms with Crippen molar-refractivity contribution in [3.8, 4) is 5.88 Å². The highest BCUT2D eigenvalue weighted by Crippen LogP contribution is 2.26. The Balaban J connectivity index is 1.33. The van der Waals surface area contributed by atoms with Gasteiger partial charge in [-0.05, 0) is 6.07 Å². The Bertz CT molecular complexity index is 972. The summed E-state index contributed by atoms with van der Waals surface area (Å²) >= 11 is 1.42. The van der Waals surface area contributed by atoms with E-state index in [-0.39, 0.29) is 5.95 Å². The molecule has 1 aliphatic heterocycles.